The fourth-order valence-corrected chi connectivity index (χ4v) is 2.00. The van der Waals surface area contributed by atoms with Crippen LogP contribution in [0.1, 0.15) is 20.8 Å². The molecule has 5 nitrogen and oxygen atoms in total. The van der Waals surface area contributed by atoms with Gasteiger partial charge in [0, 0.05) is 16.9 Å². The van der Waals surface area contributed by atoms with Crippen molar-refractivity contribution in [2.45, 2.75) is 44.4 Å². The Kier molecular flexibility index (Phi) is 4.35. The second-order valence-corrected chi connectivity index (χ2v) is 6.40. The number of hydrogen-bond acceptors (Lipinski definition) is 4. The molecule has 0 saturated carbocycles. The molecule has 0 unspecified atom stereocenters. The first-order chi connectivity index (χ1) is 7.29. The second-order valence-electron chi connectivity index (χ2n) is 3.83. The van der Waals surface area contributed by atoms with Crippen LogP contribution in [0, 0.1) is 0 Å². The summed E-state index contributed by atoms with van der Waals surface area (Å²) in [6, 6.07) is 0. The van der Waals surface area contributed by atoms with Crippen molar-refractivity contribution in [3.05, 3.63) is 12.4 Å². The normalized spacial score (nSPS) is 14.3. The molecule has 1 rings (SSSR count). The van der Waals surface area contributed by atoms with Crippen LogP contribution in [0.25, 0.3) is 0 Å². The molecule has 0 radical (unpaired) electrons. The minimum absolute atomic E-state index is 0.00548. The van der Waals surface area contributed by atoms with Gasteiger partial charge in [0.25, 0.3) is 9.05 Å². The molecule has 7 heteroatoms. The molecule has 1 aromatic heterocycles. The van der Waals surface area contributed by atoms with E-state index >= 15 is 0 Å². The number of ether oxygens (including phenoxy) is 1. The first kappa shape index (κ1) is 13.5. The lowest BCUT2D eigenvalue weighted by molar-refractivity contribution is 0.00780. The van der Waals surface area contributed by atoms with Crippen molar-refractivity contribution in [2.24, 2.45) is 0 Å². The van der Waals surface area contributed by atoms with E-state index in [-0.39, 0.29) is 17.1 Å². The van der Waals surface area contributed by atoms with E-state index in [0.29, 0.717) is 6.54 Å². The molecule has 0 N–H and O–H groups in total. The van der Waals surface area contributed by atoms with Crippen LogP contribution in [-0.2, 0) is 20.3 Å². The molecule has 0 aromatic carbocycles. The molecule has 0 amide bonds. The van der Waals surface area contributed by atoms with Crippen LogP contribution in [0.5, 0.6) is 0 Å². The summed E-state index contributed by atoms with van der Waals surface area (Å²) < 4.78 is 29.0. The van der Waals surface area contributed by atoms with Gasteiger partial charge in [0.15, 0.2) is 0 Å². The molecule has 1 aromatic rings. The molecule has 0 bridgehead atoms. The Labute approximate surface area is 99.8 Å². The monoisotopic (exact) mass is 266 g/mol. The van der Waals surface area contributed by atoms with E-state index in [2.05, 4.69) is 5.10 Å². The van der Waals surface area contributed by atoms with E-state index < -0.39 is 9.05 Å². The average molecular weight is 267 g/mol. The van der Waals surface area contributed by atoms with Crippen LogP contribution in [0.3, 0.4) is 0 Å². The van der Waals surface area contributed by atoms with Crippen LogP contribution >= 0.6 is 10.7 Å². The third-order valence-electron chi connectivity index (χ3n) is 1.84. The van der Waals surface area contributed by atoms with Crippen LogP contribution in [0.4, 0.5) is 0 Å². The van der Waals surface area contributed by atoms with Gasteiger partial charge in [0.1, 0.15) is 4.90 Å². The Morgan fingerprint density at radius 1 is 1.50 bits per heavy atom. The summed E-state index contributed by atoms with van der Waals surface area (Å²) in [6.07, 6.45) is 2.71. The first-order valence-corrected chi connectivity index (χ1v) is 7.22. The van der Waals surface area contributed by atoms with Gasteiger partial charge in [0.2, 0.25) is 0 Å². The lowest BCUT2D eigenvalue weighted by Gasteiger charge is -2.15. The van der Waals surface area contributed by atoms with Crippen molar-refractivity contribution in [3.63, 3.8) is 0 Å². The van der Waals surface area contributed by atoms with E-state index in [1.54, 1.807) is 0 Å². The summed E-state index contributed by atoms with van der Waals surface area (Å²) in [4.78, 5) is 0.00548. The first-order valence-electron chi connectivity index (χ1n) is 4.91. The number of hydrogen-bond donors (Lipinski definition) is 0. The Morgan fingerprint density at radius 2 is 2.12 bits per heavy atom. The van der Waals surface area contributed by atoms with Gasteiger partial charge < -0.3 is 4.74 Å². The molecule has 0 spiro atoms. The lowest BCUT2D eigenvalue weighted by Crippen LogP contribution is -2.20. The molecular weight excluding hydrogens is 252 g/mol. The highest BCUT2D eigenvalue weighted by Crippen LogP contribution is 2.13. The molecule has 0 aliphatic carbocycles. The Hall–Kier alpha value is -0.590. The predicted molar refractivity (Wildman–Crippen MR) is 60.9 cm³/mol. The molecule has 16 heavy (non-hydrogen) atoms. The van der Waals surface area contributed by atoms with Gasteiger partial charge >= 0.3 is 0 Å². The molecule has 0 saturated heterocycles. The van der Waals surface area contributed by atoms with Gasteiger partial charge in [-0.05, 0) is 20.8 Å². The van der Waals surface area contributed by atoms with Crippen LogP contribution in [0.2, 0.25) is 0 Å². The second kappa shape index (κ2) is 5.16. The zero-order chi connectivity index (χ0) is 12.3. The van der Waals surface area contributed by atoms with Crippen molar-refractivity contribution in [1.29, 1.82) is 0 Å². The highest BCUT2D eigenvalue weighted by atomic mass is 35.7. The largest absolute Gasteiger partial charge is 0.374 e. The van der Waals surface area contributed by atoms with Crippen molar-refractivity contribution >= 4 is 19.7 Å². The fourth-order valence-electron chi connectivity index (χ4n) is 1.34. The Bertz CT molecular complexity index is 441. The van der Waals surface area contributed by atoms with E-state index in [0.717, 1.165) is 0 Å². The lowest BCUT2D eigenvalue weighted by atomic mass is 10.4. The average Bonchev–Trinajstić information content (AvgIpc) is 2.49. The quantitative estimate of drug-likeness (QED) is 0.760. The Balaban J connectivity index is 2.66. The van der Waals surface area contributed by atoms with Gasteiger partial charge in [-0.15, -0.1) is 0 Å². The molecule has 0 aliphatic heterocycles. The van der Waals surface area contributed by atoms with Gasteiger partial charge in [-0.1, -0.05) is 0 Å². The summed E-state index contributed by atoms with van der Waals surface area (Å²) in [6.45, 7) is 6.27. The van der Waals surface area contributed by atoms with E-state index in [4.69, 9.17) is 15.4 Å². The van der Waals surface area contributed by atoms with Gasteiger partial charge in [-0.2, -0.15) is 5.10 Å². The molecule has 1 atom stereocenters. The molecule has 0 fully saturated rings. The van der Waals surface area contributed by atoms with Crippen molar-refractivity contribution in [3.8, 4) is 0 Å². The fraction of sp³-hybridized carbons (Fsp3) is 0.667. The van der Waals surface area contributed by atoms with Crippen molar-refractivity contribution in [1.82, 2.24) is 9.78 Å². The van der Waals surface area contributed by atoms with Crippen molar-refractivity contribution < 1.29 is 13.2 Å². The predicted octanol–water partition coefficient (Wildman–Crippen LogP) is 1.62. The minimum atomic E-state index is -3.69. The van der Waals surface area contributed by atoms with Crippen LogP contribution in [-0.4, -0.2) is 30.4 Å². The number of nitrogens with zero attached hydrogens (tertiary/aromatic N) is 2. The highest BCUT2D eigenvalue weighted by Gasteiger charge is 2.14. The number of aromatic nitrogens is 2. The van der Waals surface area contributed by atoms with Crippen LogP contribution < -0.4 is 0 Å². The topological polar surface area (TPSA) is 61.2 Å². The summed E-state index contributed by atoms with van der Waals surface area (Å²) in [5.74, 6) is 0. The van der Waals surface area contributed by atoms with E-state index in [9.17, 15) is 8.42 Å². The van der Waals surface area contributed by atoms with Gasteiger partial charge in [0.05, 0.1) is 24.9 Å². The molecule has 92 valence electrons. The summed E-state index contributed by atoms with van der Waals surface area (Å²) in [7, 11) is 1.49. The summed E-state index contributed by atoms with van der Waals surface area (Å²) in [5, 5.41) is 3.90. The summed E-state index contributed by atoms with van der Waals surface area (Å²) in [5.41, 5.74) is 0. The highest BCUT2D eigenvalue weighted by molar-refractivity contribution is 8.13. The third kappa shape index (κ3) is 4.11. The molecule has 1 heterocycles. The smallest absolute Gasteiger partial charge is 0.264 e. The Morgan fingerprint density at radius 3 is 2.56 bits per heavy atom. The molecule has 0 aliphatic rings. The maximum atomic E-state index is 11.0. The van der Waals surface area contributed by atoms with E-state index in [1.165, 1.54) is 17.1 Å². The standard InChI is InChI=1S/C9H15ClN2O3S/c1-7(2)15-8(3)5-12-6-9(4-11-12)16(10,13)14/h4,6-8H,5H2,1-3H3/t8-/m1/s1. The van der Waals surface area contributed by atoms with Gasteiger partial charge in [-0.3, -0.25) is 4.68 Å². The SMILES string of the molecule is CC(C)O[C@H](C)Cn1cc(S(=O)(=O)Cl)cn1. The number of rotatable bonds is 5. The van der Waals surface area contributed by atoms with Crippen LogP contribution in [0.15, 0.2) is 17.3 Å². The maximum Gasteiger partial charge on any atom is 0.264 e. The molecular formula is C9H15ClN2O3S. The van der Waals surface area contributed by atoms with E-state index in [1.807, 2.05) is 20.8 Å². The zero-order valence-electron chi connectivity index (χ0n) is 9.42. The number of halogens is 1. The third-order valence-corrected chi connectivity index (χ3v) is 3.15. The maximum absolute atomic E-state index is 11.0. The zero-order valence-corrected chi connectivity index (χ0v) is 11.0. The van der Waals surface area contributed by atoms with Gasteiger partial charge in [-0.25, -0.2) is 8.42 Å². The summed E-state index contributed by atoms with van der Waals surface area (Å²) >= 11 is 0. The van der Waals surface area contributed by atoms with Crippen molar-refractivity contribution in [2.75, 3.05) is 0 Å². The minimum Gasteiger partial charge on any atom is -0.374 e.